The summed E-state index contributed by atoms with van der Waals surface area (Å²) < 4.78 is 1.43. The summed E-state index contributed by atoms with van der Waals surface area (Å²) in [5.41, 5.74) is 0.658. The number of rotatable bonds is 5. The SMILES string of the molecule is CCC(C)CC(C)Nc1ccc2nnnn2n1. The Morgan fingerprint density at radius 1 is 1.35 bits per heavy atom. The second kappa shape index (κ2) is 5.07. The van der Waals surface area contributed by atoms with Crippen molar-refractivity contribution in [3.05, 3.63) is 12.1 Å². The molecule has 0 aliphatic rings. The first kappa shape index (κ1) is 11.8. The Balaban J connectivity index is 2.02. The lowest BCUT2D eigenvalue weighted by molar-refractivity contribution is 0.482. The number of hydrogen-bond donors (Lipinski definition) is 1. The van der Waals surface area contributed by atoms with Gasteiger partial charge in [0.15, 0.2) is 5.65 Å². The van der Waals surface area contributed by atoms with Crippen LogP contribution in [0.25, 0.3) is 5.65 Å². The highest BCUT2D eigenvalue weighted by atomic mass is 15.6. The maximum atomic E-state index is 4.28. The predicted octanol–water partition coefficient (Wildman–Crippen LogP) is 1.76. The summed E-state index contributed by atoms with van der Waals surface area (Å²) in [6, 6.07) is 4.15. The van der Waals surface area contributed by atoms with Gasteiger partial charge in [0.2, 0.25) is 0 Å². The maximum absolute atomic E-state index is 4.28. The standard InChI is InChI=1S/C11H18N6/c1-4-8(2)7-9(3)12-10-5-6-11-13-15-16-17(11)14-10/h5-6,8-9H,4,7H2,1-3H3,(H,12,14). The molecule has 0 aromatic carbocycles. The normalized spacial score (nSPS) is 14.8. The van der Waals surface area contributed by atoms with E-state index in [0.717, 1.165) is 12.2 Å². The summed E-state index contributed by atoms with van der Waals surface area (Å²) >= 11 is 0. The molecule has 0 fully saturated rings. The van der Waals surface area contributed by atoms with Gasteiger partial charge < -0.3 is 5.32 Å². The van der Waals surface area contributed by atoms with E-state index in [9.17, 15) is 0 Å². The minimum Gasteiger partial charge on any atom is -0.366 e. The molecule has 92 valence electrons. The lowest BCUT2D eigenvalue weighted by Gasteiger charge is -2.17. The van der Waals surface area contributed by atoms with Crippen LogP contribution in [0, 0.1) is 5.92 Å². The second-order valence-corrected chi connectivity index (χ2v) is 4.54. The van der Waals surface area contributed by atoms with Gasteiger partial charge in [-0.3, -0.25) is 0 Å². The van der Waals surface area contributed by atoms with E-state index in [1.807, 2.05) is 12.1 Å². The van der Waals surface area contributed by atoms with Crippen LogP contribution in [0.3, 0.4) is 0 Å². The van der Waals surface area contributed by atoms with E-state index in [-0.39, 0.29) is 0 Å². The van der Waals surface area contributed by atoms with Crippen LogP contribution in [0.2, 0.25) is 0 Å². The first-order chi connectivity index (χ1) is 8.19. The molecule has 1 N–H and O–H groups in total. The van der Waals surface area contributed by atoms with Crippen LogP contribution in [-0.4, -0.2) is 31.3 Å². The summed E-state index contributed by atoms with van der Waals surface area (Å²) in [6.07, 6.45) is 2.33. The van der Waals surface area contributed by atoms with Gasteiger partial charge in [-0.2, -0.15) is 0 Å². The van der Waals surface area contributed by atoms with Gasteiger partial charge in [-0.15, -0.1) is 14.8 Å². The van der Waals surface area contributed by atoms with Gasteiger partial charge in [-0.1, -0.05) is 20.3 Å². The Morgan fingerprint density at radius 2 is 2.18 bits per heavy atom. The van der Waals surface area contributed by atoms with Crippen LogP contribution in [-0.2, 0) is 0 Å². The van der Waals surface area contributed by atoms with Gasteiger partial charge in [0.25, 0.3) is 0 Å². The molecule has 0 saturated carbocycles. The highest BCUT2D eigenvalue weighted by Gasteiger charge is 2.08. The molecule has 0 bridgehead atoms. The van der Waals surface area contributed by atoms with Crippen molar-refractivity contribution < 1.29 is 0 Å². The fourth-order valence-electron chi connectivity index (χ4n) is 1.81. The largest absolute Gasteiger partial charge is 0.366 e. The van der Waals surface area contributed by atoms with Gasteiger partial charge in [-0.05, 0) is 41.8 Å². The van der Waals surface area contributed by atoms with Crippen LogP contribution in [0.15, 0.2) is 12.1 Å². The Kier molecular flexibility index (Phi) is 3.51. The van der Waals surface area contributed by atoms with Crippen molar-refractivity contribution >= 4 is 11.5 Å². The van der Waals surface area contributed by atoms with Crippen molar-refractivity contribution in [1.29, 1.82) is 0 Å². The molecule has 2 aromatic heterocycles. The summed E-state index contributed by atoms with van der Waals surface area (Å²) in [5.74, 6) is 1.52. The maximum Gasteiger partial charge on any atom is 0.200 e. The Morgan fingerprint density at radius 3 is 2.94 bits per heavy atom. The van der Waals surface area contributed by atoms with Crippen molar-refractivity contribution in [2.75, 3.05) is 5.32 Å². The molecule has 0 aliphatic heterocycles. The lowest BCUT2D eigenvalue weighted by Crippen LogP contribution is -2.19. The smallest absolute Gasteiger partial charge is 0.200 e. The van der Waals surface area contributed by atoms with Crippen molar-refractivity contribution in [2.45, 2.75) is 39.7 Å². The molecule has 2 heterocycles. The zero-order valence-electron chi connectivity index (χ0n) is 10.5. The van der Waals surface area contributed by atoms with Crippen LogP contribution in [0.1, 0.15) is 33.6 Å². The monoisotopic (exact) mass is 234 g/mol. The number of nitrogens with zero attached hydrogens (tertiary/aromatic N) is 5. The Bertz CT molecular complexity index is 480. The molecule has 0 saturated heterocycles. The Labute approximate surface area is 100 Å². The molecule has 2 aromatic rings. The van der Waals surface area contributed by atoms with Crippen molar-refractivity contribution in [1.82, 2.24) is 25.3 Å². The third kappa shape index (κ3) is 2.89. The second-order valence-electron chi connectivity index (χ2n) is 4.54. The number of anilines is 1. The van der Waals surface area contributed by atoms with Crippen LogP contribution >= 0.6 is 0 Å². The van der Waals surface area contributed by atoms with Crippen LogP contribution in [0.5, 0.6) is 0 Å². The molecule has 17 heavy (non-hydrogen) atoms. The molecule has 0 spiro atoms. The summed E-state index contributed by atoms with van der Waals surface area (Å²) in [7, 11) is 0. The average Bonchev–Trinajstić information content (AvgIpc) is 2.75. The van der Waals surface area contributed by atoms with E-state index >= 15 is 0 Å². The molecule has 2 rings (SSSR count). The minimum atomic E-state index is 0.395. The number of nitrogens with one attached hydrogen (secondary N) is 1. The van der Waals surface area contributed by atoms with E-state index in [2.05, 4.69) is 46.7 Å². The van der Waals surface area contributed by atoms with Gasteiger partial charge in [0.05, 0.1) is 0 Å². The van der Waals surface area contributed by atoms with Gasteiger partial charge in [0, 0.05) is 6.04 Å². The van der Waals surface area contributed by atoms with Crippen molar-refractivity contribution in [3.63, 3.8) is 0 Å². The van der Waals surface area contributed by atoms with E-state index in [1.165, 1.54) is 11.1 Å². The zero-order valence-corrected chi connectivity index (χ0v) is 10.5. The molecular weight excluding hydrogens is 216 g/mol. The van der Waals surface area contributed by atoms with Crippen LogP contribution < -0.4 is 5.32 Å². The third-order valence-electron chi connectivity index (χ3n) is 2.92. The van der Waals surface area contributed by atoms with Crippen molar-refractivity contribution in [3.8, 4) is 0 Å². The van der Waals surface area contributed by atoms with Gasteiger partial charge in [0.1, 0.15) is 5.82 Å². The molecule has 0 aliphatic carbocycles. The fraction of sp³-hybridized carbons (Fsp3) is 0.636. The van der Waals surface area contributed by atoms with E-state index < -0.39 is 0 Å². The zero-order chi connectivity index (χ0) is 12.3. The number of hydrogen-bond acceptors (Lipinski definition) is 5. The number of aromatic nitrogens is 5. The van der Waals surface area contributed by atoms with Crippen LogP contribution in [0.4, 0.5) is 5.82 Å². The van der Waals surface area contributed by atoms with E-state index in [1.54, 1.807) is 0 Å². The molecule has 0 radical (unpaired) electrons. The molecule has 2 unspecified atom stereocenters. The third-order valence-corrected chi connectivity index (χ3v) is 2.92. The Hall–Kier alpha value is -1.72. The first-order valence-electron chi connectivity index (χ1n) is 6.01. The quantitative estimate of drug-likeness (QED) is 0.853. The molecule has 0 amide bonds. The highest BCUT2D eigenvalue weighted by Crippen LogP contribution is 2.13. The summed E-state index contributed by atoms with van der Waals surface area (Å²) in [6.45, 7) is 6.64. The summed E-state index contributed by atoms with van der Waals surface area (Å²) in [5, 5.41) is 18.8. The minimum absolute atomic E-state index is 0.395. The lowest BCUT2D eigenvalue weighted by atomic mass is 10.0. The fourth-order valence-corrected chi connectivity index (χ4v) is 1.81. The highest BCUT2D eigenvalue weighted by molar-refractivity contribution is 5.42. The molecular formula is C11H18N6. The van der Waals surface area contributed by atoms with E-state index in [4.69, 9.17) is 0 Å². The molecule has 2 atom stereocenters. The van der Waals surface area contributed by atoms with Crippen molar-refractivity contribution in [2.24, 2.45) is 5.92 Å². The van der Waals surface area contributed by atoms with Gasteiger partial charge in [-0.25, -0.2) is 0 Å². The topological polar surface area (TPSA) is 68.0 Å². The van der Waals surface area contributed by atoms with E-state index in [0.29, 0.717) is 17.6 Å². The number of tetrazole rings is 1. The molecule has 6 nitrogen and oxygen atoms in total. The summed E-state index contributed by atoms with van der Waals surface area (Å²) in [4.78, 5) is 0. The average molecular weight is 234 g/mol. The predicted molar refractivity (Wildman–Crippen MR) is 65.7 cm³/mol. The first-order valence-corrected chi connectivity index (χ1v) is 6.01. The molecule has 6 heteroatoms. The number of fused-ring (bicyclic) bond motifs is 1. The van der Waals surface area contributed by atoms with Gasteiger partial charge >= 0.3 is 0 Å².